The van der Waals surface area contributed by atoms with Crippen molar-refractivity contribution in [1.29, 1.82) is 0 Å². The Labute approximate surface area is 171 Å². The molecule has 142 valence electrons. The van der Waals surface area contributed by atoms with Gasteiger partial charge in [-0.1, -0.05) is 6.07 Å². The van der Waals surface area contributed by atoms with Crippen LogP contribution in [0.5, 0.6) is 11.5 Å². The van der Waals surface area contributed by atoms with E-state index in [9.17, 15) is 0 Å². The lowest BCUT2D eigenvalue weighted by atomic mass is 10.2. The Hall–Kier alpha value is -1.97. The average Bonchev–Trinajstić information content (AvgIpc) is 2.89. The van der Waals surface area contributed by atoms with Crippen LogP contribution in [-0.4, -0.2) is 35.5 Å². The van der Waals surface area contributed by atoms with Gasteiger partial charge < -0.3 is 20.1 Å². The van der Waals surface area contributed by atoms with Gasteiger partial charge in [0.2, 0.25) is 0 Å². The number of aliphatic imine (C=N–C) groups is 1. The molecule has 0 saturated carbocycles. The van der Waals surface area contributed by atoms with Crippen LogP contribution in [0.2, 0.25) is 0 Å². The molecule has 0 atom stereocenters. The van der Waals surface area contributed by atoms with Gasteiger partial charge in [0.25, 0.3) is 0 Å². The van der Waals surface area contributed by atoms with Crippen LogP contribution in [0.15, 0.2) is 35.5 Å². The molecule has 0 amide bonds. The molecule has 8 heteroatoms. The van der Waals surface area contributed by atoms with Gasteiger partial charge in [-0.3, -0.25) is 4.68 Å². The van der Waals surface area contributed by atoms with Crippen molar-refractivity contribution >= 4 is 29.9 Å². The van der Waals surface area contributed by atoms with Crippen LogP contribution in [0.4, 0.5) is 0 Å². The first-order valence-corrected chi connectivity index (χ1v) is 8.64. The molecule has 1 aliphatic rings. The summed E-state index contributed by atoms with van der Waals surface area (Å²) >= 11 is 0. The zero-order valence-corrected chi connectivity index (χ0v) is 17.5. The molecule has 0 bridgehead atoms. The van der Waals surface area contributed by atoms with E-state index in [1.54, 1.807) is 6.20 Å². The molecule has 2 heterocycles. The predicted octanol–water partition coefficient (Wildman–Crippen LogP) is 2.45. The summed E-state index contributed by atoms with van der Waals surface area (Å²) in [5.41, 5.74) is 2.18. The first-order valence-electron chi connectivity index (χ1n) is 8.64. The maximum Gasteiger partial charge on any atom is 0.191 e. The average molecular weight is 471 g/mol. The lowest BCUT2D eigenvalue weighted by Gasteiger charge is -2.12. The lowest BCUT2D eigenvalue weighted by molar-refractivity contribution is 0.297. The maximum absolute atomic E-state index is 5.74. The van der Waals surface area contributed by atoms with Crippen LogP contribution in [-0.2, 0) is 20.1 Å². The molecule has 3 rings (SSSR count). The Bertz CT molecular complexity index is 732. The van der Waals surface area contributed by atoms with Crippen LogP contribution in [0.1, 0.15) is 24.6 Å². The summed E-state index contributed by atoms with van der Waals surface area (Å²) in [7, 11) is 1.93. The van der Waals surface area contributed by atoms with E-state index in [4.69, 9.17) is 9.47 Å². The zero-order valence-electron chi connectivity index (χ0n) is 15.2. The van der Waals surface area contributed by atoms with Crippen molar-refractivity contribution in [1.82, 2.24) is 20.4 Å². The van der Waals surface area contributed by atoms with Crippen molar-refractivity contribution in [3.05, 3.63) is 41.7 Å². The van der Waals surface area contributed by atoms with E-state index in [-0.39, 0.29) is 24.0 Å². The van der Waals surface area contributed by atoms with E-state index < -0.39 is 0 Å². The quantitative estimate of drug-likeness (QED) is 0.398. The highest BCUT2D eigenvalue weighted by atomic mass is 127. The minimum Gasteiger partial charge on any atom is -0.490 e. The Kier molecular flexibility index (Phi) is 8.02. The third-order valence-corrected chi connectivity index (χ3v) is 3.94. The van der Waals surface area contributed by atoms with Gasteiger partial charge >= 0.3 is 0 Å². The second-order valence-electron chi connectivity index (χ2n) is 5.83. The van der Waals surface area contributed by atoms with Gasteiger partial charge in [0.1, 0.15) is 0 Å². The smallest absolute Gasteiger partial charge is 0.191 e. The van der Waals surface area contributed by atoms with Gasteiger partial charge in [-0.25, -0.2) is 4.99 Å². The minimum atomic E-state index is 0. The summed E-state index contributed by atoms with van der Waals surface area (Å²) < 4.78 is 13.3. The van der Waals surface area contributed by atoms with E-state index in [0.717, 1.165) is 41.7 Å². The number of nitrogens with one attached hydrogen (secondary N) is 2. The number of hydrogen-bond donors (Lipinski definition) is 2. The number of fused-ring (bicyclic) bond motifs is 1. The lowest BCUT2D eigenvalue weighted by Crippen LogP contribution is -2.37. The van der Waals surface area contributed by atoms with Crippen molar-refractivity contribution in [3.8, 4) is 11.5 Å². The van der Waals surface area contributed by atoms with Crippen molar-refractivity contribution < 1.29 is 9.47 Å². The van der Waals surface area contributed by atoms with Gasteiger partial charge in [0.05, 0.1) is 32.0 Å². The highest BCUT2D eigenvalue weighted by Crippen LogP contribution is 2.30. The van der Waals surface area contributed by atoms with E-state index in [2.05, 4.69) is 27.6 Å². The molecule has 0 fully saturated rings. The molecule has 0 unspecified atom stereocenters. The number of halogens is 1. The highest BCUT2D eigenvalue weighted by Gasteiger charge is 2.10. The third kappa shape index (κ3) is 5.52. The van der Waals surface area contributed by atoms with Gasteiger partial charge in [0, 0.05) is 26.2 Å². The van der Waals surface area contributed by atoms with Crippen LogP contribution in [0.3, 0.4) is 0 Å². The second-order valence-corrected chi connectivity index (χ2v) is 5.83. The van der Waals surface area contributed by atoms with Gasteiger partial charge in [0.15, 0.2) is 17.5 Å². The van der Waals surface area contributed by atoms with E-state index in [1.165, 1.54) is 0 Å². The maximum atomic E-state index is 5.74. The topological polar surface area (TPSA) is 72.7 Å². The summed E-state index contributed by atoms with van der Waals surface area (Å²) in [5, 5.41) is 10.8. The molecular weight excluding hydrogens is 445 g/mol. The normalized spacial score (nSPS) is 13.5. The molecule has 0 saturated heterocycles. The van der Waals surface area contributed by atoms with Crippen molar-refractivity contribution in [2.24, 2.45) is 12.0 Å². The second kappa shape index (κ2) is 10.2. The summed E-state index contributed by atoms with van der Waals surface area (Å²) in [6.07, 6.45) is 2.70. The molecule has 0 radical (unpaired) electrons. The van der Waals surface area contributed by atoms with Crippen LogP contribution in [0, 0.1) is 0 Å². The minimum absolute atomic E-state index is 0. The van der Waals surface area contributed by atoms with E-state index in [1.807, 2.05) is 36.0 Å². The number of benzene rings is 1. The SMILES string of the molecule is CCNC(=NCc1ccc2c(c1)OCCCO2)NCc1ccnn1C.I. The fourth-order valence-electron chi connectivity index (χ4n) is 2.57. The third-order valence-electron chi connectivity index (χ3n) is 3.94. The van der Waals surface area contributed by atoms with Crippen molar-refractivity contribution in [2.75, 3.05) is 19.8 Å². The molecule has 2 aromatic rings. The number of rotatable bonds is 5. The molecule has 26 heavy (non-hydrogen) atoms. The predicted molar refractivity (Wildman–Crippen MR) is 112 cm³/mol. The molecular formula is C18H26IN5O2. The molecule has 1 aromatic heterocycles. The molecule has 0 spiro atoms. The molecule has 7 nitrogen and oxygen atoms in total. The number of hydrogen-bond acceptors (Lipinski definition) is 4. The summed E-state index contributed by atoms with van der Waals surface area (Å²) in [6.45, 7) is 5.48. The molecule has 0 aliphatic carbocycles. The Morgan fingerprint density at radius 3 is 2.73 bits per heavy atom. The number of nitrogens with zero attached hydrogens (tertiary/aromatic N) is 3. The van der Waals surface area contributed by atoms with Crippen molar-refractivity contribution in [2.45, 2.75) is 26.4 Å². The van der Waals surface area contributed by atoms with E-state index >= 15 is 0 Å². The largest absolute Gasteiger partial charge is 0.490 e. The number of aryl methyl sites for hydroxylation is 1. The first-order chi connectivity index (χ1) is 12.3. The first kappa shape index (κ1) is 20.3. The Balaban J connectivity index is 0.00000243. The fourth-order valence-corrected chi connectivity index (χ4v) is 2.57. The van der Waals surface area contributed by atoms with Crippen LogP contribution >= 0.6 is 24.0 Å². The van der Waals surface area contributed by atoms with Crippen LogP contribution in [0.25, 0.3) is 0 Å². The number of aromatic nitrogens is 2. The van der Waals surface area contributed by atoms with Gasteiger partial charge in [-0.2, -0.15) is 5.10 Å². The summed E-state index contributed by atoms with van der Waals surface area (Å²) in [4.78, 5) is 4.65. The van der Waals surface area contributed by atoms with Gasteiger partial charge in [-0.15, -0.1) is 24.0 Å². The van der Waals surface area contributed by atoms with E-state index in [0.29, 0.717) is 26.3 Å². The van der Waals surface area contributed by atoms with Crippen LogP contribution < -0.4 is 20.1 Å². The zero-order chi connectivity index (χ0) is 17.5. The number of guanidine groups is 1. The van der Waals surface area contributed by atoms with Gasteiger partial charge in [-0.05, 0) is 30.7 Å². The summed E-state index contributed by atoms with van der Waals surface area (Å²) in [5.74, 6) is 2.39. The van der Waals surface area contributed by atoms with Crippen molar-refractivity contribution in [3.63, 3.8) is 0 Å². The summed E-state index contributed by atoms with van der Waals surface area (Å²) in [6, 6.07) is 7.98. The fraction of sp³-hybridized carbons (Fsp3) is 0.444. The molecule has 1 aliphatic heterocycles. The highest BCUT2D eigenvalue weighted by molar-refractivity contribution is 14.0. The monoisotopic (exact) mass is 471 g/mol. The molecule has 1 aromatic carbocycles. The molecule has 2 N–H and O–H groups in total. The Morgan fingerprint density at radius 2 is 2.00 bits per heavy atom. The standard InChI is InChI=1S/C18H25N5O2.HI/c1-3-19-18(21-13-15-7-8-22-23(15)2)20-12-14-5-6-16-17(11-14)25-10-4-9-24-16;/h5-8,11H,3-4,9-10,12-13H2,1-2H3,(H2,19,20,21);1H. The number of ether oxygens (including phenoxy) is 2. The Morgan fingerprint density at radius 1 is 1.19 bits per heavy atom.